The fourth-order valence-corrected chi connectivity index (χ4v) is 2.81. The van der Waals surface area contributed by atoms with Gasteiger partial charge in [-0.1, -0.05) is 24.3 Å². The number of hydrogen-bond donors (Lipinski definition) is 6. The summed E-state index contributed by atoms with van der Waals surface area (Å²) in [6.07, 6.45) is 0. The maximum absolute atomic E-state index is 12.2. The Morgan fingerprint density at radius 2 is 1.90 bits per heavy atom. The smallest absolute Gasteiger partial charge is 0.239 e. The first-order valence-corrected chi connectivity index (χ1v) is 9.61. The lowest BCUT2D eigenvalue weighted by atomic mass is 10.1. The summed E-state index contributed by atoms with van der Waals surface area (Å²) in [5, 5.41) is 25.1. The molecule has 0 aromatic heterocycles. The molecule has 160 valence electrons. The predicted octanol–water partition coefficient (Wildman–Crippen LogP) is -2.01. The van der Waals surface area contributed by atoms with E-state index in [2.05, 4.69) is 20.9 Å². The molecule has 1 saturated heterocycles. The fourth-order valence-electron chi connectivity index (χ4n) is 2.81. The van der Waals surface area contributed by atoms with Crippen molar-refractivity contribution in [2.45, 2.75) is 12.6 Å². The third-order valence-electron chi connectivity index (χ3n) is 4.59. The zero-order chi connectivity index (χ0) is 21.1. The van der Waals surface area contributed by atoms with Crippen molar-refractivity contribution < 1.29 is 19.4 Å². The number of amides is 2. The quantitative estimate of drug-likeness (QED) is 0.183. The van der Waals surface area contributed by atoms with Gasteiger partial charge in [0.25, 0.3) is 0 Å². The molecule has 0 saturated carbocycles. The SMILES string of the molecule is N=C(N)c1ccc(CNC(CO)C(=O)NCC(=O)NCCN2CCOCC2)cc1. The molecule has 0 bridgehead atoms. The van der Waals surface area contributed by atoms with Crippen molar-refractivity contribution in [1.29, 1.82) is 5.41 Å². The van der Waals surface area contributed by atoms with Crippen LogP contribution < -0.4 is 21.7 Å². The lowest BCUT2D eigenvalue weighted by Crippen LogP contribution is -2.49. The zero-order valence-corrected chi connectivity index (χ0v) is 16.4. The summed E-state index contributed by atoms with van der Waals surface area (Å²) >= 11 is 0. The molecule has 1 unspecified atom stereocenters. The first-order chi connectivity index (χ1) is 14.0. The molecule has 1 aromatic carbocycles. The molecule has 0 aliphatic carbocycles. The molecule has 2 amide bonds. The second kappa shape index (κ2) is 12.1. The summed E-state index contributed by atoms with van der Waals surface area (Å²) < 4.78 is 5.27. The number of carbonyl (C=O) groups excluding carboxylic acids is 2. The van der Waals surface area contributed by atoms with Crippen molar-refractivity contribution in [3.63, 3.8) is 0 Å². The molecule has 1 atom stereocenters. The number of aliphatic hydroxyl groups excluding tert-OH is 1. The molecule has 29 heavy (non-hydrogen) atoms. The first kappa shape index (κ1) is 22.8. The van der Waals surface area contributed by atoms with Crippen LogP contribution in [0.25, 0.3) is 0 Å². The normalized spacial score (nSPS) is 15.5. The Kier molecular flexibility index (Phi) is 9.51. The van der Waals surface area contributed by atoms with Gasteiger partial charge in [-0.3, -0.25) is 25.2 Å². The lowest BCUT2D eigenvalue weighted by Gasteiger charge is -2.26. The summed E-state index contributed by atoms with van der Waals surface area (Å²) in [6, 6.07) is 6.18. The molecule has 0 radical (unpaired) electrons. The number of nitrogens with two attached hydrogens (primary N) is 1. The third kappa shape index (κ3) is 8.16. The van der Waals surface area contributed by atoms with E-state index < -0.39 is 18.6 Å². The van der Waals surface area contributed by atoms with Crippen LogP contribution in [0.15, 0.2) is 24.3 Å². The number of aliphatic hydroxyl groups is 1. The highest BCUT2D eigenvalue weighted by atomic mass is 16.5. The van der Waals surface area contributed by atoms with E-state index in [0.29, 0.717) is 31.9 Å². The number of hydrogen-bond acceptors (Lipinski definition) is 7. The maximum Gasteiger partial charge on any atom is 0.239 e. The van der Waals surface area contributed by atoms with Gasteiger partial charge in [0.2, 0.25) is 11.8 Å². The minimum absolute atomic E-state index is 0.0136. The van der Waals surface area contributed by atoms with E-state index in [1.54, 1.807) is 24.3 Å². The number of nitrogen functional groups attached to an aromatic ring is 1. The third-order valence-corrected chi connectivity index (χ3v) is 4.59. The Hall–Kier alpha value is -2.53. The van der Waals surface area contributed by atoms with Crippen LogP contribution in [-0.2, 0) is 20.9 Å². The van der Waals surface area contributed by atoms with E-state index in [1.807, 2.05) is 0 Å². The largest absolute Gasteiger partial charge is 0.394 e. The number of nitrogens with zero attached hydrogens (tertiary/aromatic N) is 1. The van der Waals surface area contributed by atoms with Gasteiger partial charge in [-0.2, -0.15) is 0 Å². The summed E-state index contributed by atoms with van der Waals surface area (Å²) in [6.45, 7) is 4.19. The minimum atomic E-state index is -0.830. The van der Waals surface area contributed by atoms with Gasteiger partial charge in [-0.15, -0.1) is 0 Å². The van der Waals surface area contributed by atoms with E-state index in [4.69, 9.17) is 15.9 Å². The van der Waals surface area contributed by atoms with Crippen LogP contribution in [0.5, 0.6) is 0 Å². The first-order valence-electron chi connectivity index (χ1n) is 9.61. The minimum Gasteiger partial charge on any atom is -0.394 e. The lowest BCUT2D eigenvalue weighted by molar-refractivity contribution is -0.128. The number of rotatable bonds is 11. The zero-order valence-electron chi connectivity index (χ0n) is 16.4. The fraction of sp³-hybridized carbons (Fsp3) is 0.526. The molecule has 1 fully saturated rings. The van der Waals surface area contributed by atoms with Crippen molar-refractivity contribution in [1.82, 2.24) is 20.9 Å². The van der Waals surface area contributed by atoms with Crippen molar-refractivity contribution >= 4 is 17.6 Å². The second-order valence-corrected chi connectivity index (χ2v) is 6.75. The monoisotopic (exact) mass is 406 g/mol. The molecule has 2 rings (SSSR count). The van der Waals surface area contributed by atoms with E-state index in [0.717, 1.165) is 25.2 Å². The van der Waals surface area contributed by atoms with Crippen LogP contribution in [0.4, 0.5) is 0 Å². The molecule has 1 aliphatic heterocycles. The molecule has 10 heteroatoms. The Labute approximate surface area is 170 Å². The number of amidine groups is 1. The average molecular weight is 406 g/mol. The number of carbonyl (C=O) groups is 2. The average Bonchev–Trinajstić information content (AvgIpc) is 2.73. The Balaban J connectivity index is 1.66. The van der Waals surface area contributed by atoms with Gasteiger partial charge in [0, 0.05) is 38.3 Å². The number of nitrogens with one attached hydrogen (secondary N) is 4. The van der Waals surface area contributed by atoms with Crippen LogP contribution in [0.2, 0.25) is 0 Å². The van der Waals surface area contributed by atoms with Gasteiger partial charge in [-0.25, -0.2) is 0 Å². The molecular formula is C19H30N6O4. The van der Waals surface area contributed by atoms with Gasteiger partial charge in [0.1, 0.15) is 11.9 Å². The molecule has 1 aliphatic rings. The molecule has 1 heterocycles. The maximum atomic E-state index is 12.2. The van der Waals surface area contributed by atoms with Gasteiger partial charge >= 0.3 is 0 Å². The van der Waals surface area contributed by atoms with Crippen LogP contribution in [-0.4, -0.2) is 86.2 Å². The van der Waals surface area contributed by atoms with E-state index in [1.165, 1.54) is 0 Å². The highest BCUT2D eigenvalue weighted by molar-refractivity contribution is 5.94. The topological polar surface area (TPSA) is 153 Å². The van der Waals surface area contributed by atoms with Crippen LogP contribution in [0.3, 0.4) is 0 Å². The molecule has 1 aromatic rings. The van der Waals surface area contributed by atoms with E-state index >= 15 is 0 Å². The van der Waals surface area contributed by atoms with Crippen molar-refractivity contribution in [3.05, 3.63) is 35.4 Å². The Bertz CT molecular complexity index is 676. The summed E-state index contributed by atoms with van der Waals surface area (Å²) in [7, 11) is 0. The van der Waals surface area contributed by atoms with Crippen LogP contribution in [0.1, 0.15) is 11.1 Å². The summed E-state index contributed by atoms with van der Waals surface area (Å²) in [5.41, 5.74) is 6.91. The molecule has 10 nitrogen and oxygen atoms in total. The van der Waals surface area contributed by atoms with E-state index in [9.17, 15) is 14.7 Å². The van der Waals surface area contributed by atoms with Gasteiger partial charge in [0.05, 0.1) is 26.4 Å². The number of benzene rings is 1. The van der Waals surface area contributed by atoms with Crippen LogP contribution >= 0.6 is 0 Å². The highest BCUT2D eigenvalue weighted by Gasteiger charge is 2.17. The Morgan fingerprint density at radius 3 is 2.52 bits per heavy atom. The number of ether oxygens (including phenoxy) is 1. The van der Waals surface area contributed by atoms with Gasteiger partial charge in [0.15, 0.2) is 0 Å². The molecule has 0 spiro atoms. The summed E-state index contributed by atoms with van der Waals surface area (Å²) in [5.74, 6) is -0.736. The predicted molar refractivity (Wildman–Crippen MR) is 108 cm³/mol. The van der Waals surface area contributed by atoms with Gasteiger partial charge in [-0.05, 0) is 5.56 Å². The van der Waals surface area contributed by atoms with Crippen molar-refractivity contribution in [2.75, 3.05) is 52.5 Å². The molecule has 7 N–H and O–H groups in total. The second-order valence-electron chi connectivity index (χ2n) is 6.75. The summed E-state index contributed by atoms with van der Waals surface area (Å²) in [4.78, 5) is 26.3. The molecular weight excluding hydrogens is 376 g/mol. The van der Waals surface area contributed by atoms with Crippen LogP contribution in [0, 0.1) is 5.41 Å². The highest BCUT2D eigenvalue weighted by Crippen LogP contribution is 2.04. The van der Waals surface area contributed by atoms with E-state index in [-0.39, 0.29) is 18.3 Å². The van der Waals surface area contributed by atoms with Gasteiger partial charge < -0.3 is 26.2 Å². The van der Waals surface area contributed by atoms with Crippen molar-refractivity contribution in [2.24, 2.45) is 5.73 Å². The van der Waals surface area contributed by atoms with Crippen molar-refractivity contribution in [3.8, 4) is 0 Å². The standard InChI is InChI=1S/C19H30N6O4/c20-18(21)15-3-1-14(2-4-15)11-23-16(13-26)19(28)24-12-17(27)22-5-6-25-7-9-29-10-8-25/h1-4,16,23,26H,5-13H2,(H3,20,21)(H,22,27)(H,24,28). The Morgan fingerprint density at radius 1 is 1.21 bits per heavy atom. The number of morpholine rings is 1.